The van der Waals surface area contributed by atoms with E-state index in [2.05, 4.69) is 5.32 Å². The minimum absolute atomic E-state index is 0.00253. The second-order valence-corrected chi connectivity index (χ2v) is 11.9. The van der Waals surface area contributed by atoms with Gasteiger partial charge in [0.05, 0.1) is 23.9 Å². The number of phenols is 1. The number of likely N-dealkylation sites (N-methyl/N-ethyl adjacent to an activating group) is 1. The number of hydroxylamine groups is 2. The lowest BCUT2D eigenvalue weighted by molar-refractivity contribution is -0.157. The van der Waals surface area contributed by atoms with Crippen LogP contribution in [0.25, 0.3) is 5.76 Å². The van der Waals surface area contributed by atoms with Gasteiger partial charge in [-0.2, -0.15) is 5.06 Å². The second-order valence-electron chi connectivity index (χ2n) is 11.9. The van der Waals surface area contributed by atoms with Gasteiger partial charge in [-0.25, -0.2) is 0 Å². The highest BCUT2D eigenvalue weighted by molar-refractivity contribution is 6.24. The summed E-state index contributed by atoms with van der Waals surface area (Å²) in [6, 6.07) is 1.35. The maximum Gasteiger partial charge on any atom is 0.255 e. The van der Waals surface area contributed by atoms with Gasteiger partial charge in [-0.15, -0.1) is 0 Å². The van der Waals surface area contributed by atoms with Gasteiger partial charge in [-0.1, -0.05) is 19.9 Å². The van der Waals surface area contributed by atoms with Crippen LogP contribution in [0.15, 0.2) is 29.0 Å². The van der Waals surface area contributed by atoms with Crippen molar-refractivity contribution in [3.63, 3.8) is 0 Å². The van der Waals surface area contributed by atoms with Crippen molar-refractivity contribution in [2.24, 2.45) is 23.5 Å². The summed E-state index contributed by atoms with van der Waals surface area (Å²) >= 11 is 0. The van der Waals surface area contributed by atoms with Crippen molar-refractivity contribution < 1.29 is 44.4 Å². The zero-order chi connectivity index (χ0) is 30.8. The number of primary amides is 1. The molecule has 13 nitrogen and oxygen atoms in total. The number of phenolic OH excluding ortho intramolecular Hbond substituents is 1. The first kappa shape index (κ1) is 29.7. The number of fused-ring (bicyclic) bond motifs is 3. The van der Waals surface area contributed by atoms with E-state index in [4.69, 9.17) is 10.6 Å². The lowest BCUT2D eigenvalue weighted by Crippen LogP contribution is -2.65. The largest absolute Gasteiger partial charge is 0.508 e. The fourth-order valence-electron chi connectivity index (χ4n) is 6.91. The average molecular weight is 585 g/mol. The van der Waals surface area contributed by atoms with Gasteiger partial charge in [0.25, 0.3) is 5.91 Å². The molecule has 13 heteroatoms. The first-order valence-corrected chi connectivity index (χ1v) is 13.9. The fraction of sp³-hybridized carbons (Fsp3) is 0.517. The van der Waals surface area contributed by atoms with Crippen molar-refractivity contribution in [3.8, 4) is 5.75 Å². The lowest BCUT2D eigenvalue weighted by atomic mass is 9.57. The van der Waals surface area contributed by atoms with Crippen LogP contribution < -0.4 is 11.1 Å². The van der Waals surface area contributed by atoms with Crippen LogP contribution in [0.5, 0.6) is 5.75 Å². The smallest absolute Gasteiger partial charge is 0.255 e. The highest BCUT2D eigenvalue weighted by atomic mass is 16.7. The summed E-state index contributed by atoms with van der Waals surface area (Å²) in [5.74, 6) is -7.43. The molecule has 0 spiro atoms. The van der Waals surface area contributed by atoms with Crippen LogP contribution in [0.1, 0.15) is 37.8 Å². The molecule has 42 heavy (non-hydrogen) atoms. The van der Waals surface area contributed by atoms with E-state index in [9.17, 15) is 39.6 Å². The Kier molecular flexibility index (Phi) is 7.42. The number of amides is 2. The monoisotopic (exact) mass is 584 g/mol. The summed E-state index contributed by atoms with van der Waals surface area (Å²) < 4.78 is 0. The topological polar surface area (TPSA) is 203 Å². The summed E-state index contributed by atoms with van der Waals surface area (Å²) in [5, 5.41) is 49.6. The van der Waals surface area contributed by atoms with Crippen molar-refractivity contribution in [3.05, 3.63) is 40.2 Å². The van der Waals surface area contributed by atoms with Gasteiger partial charge in [0.15, 0.2) is 11.4 Å². The predicted octanol–water partition coefficient (Wildman–Crippen LogP) is 0.564. The third-order valence-electron chi connectivity index (χ3n) is 8.90. The second kappa shape index (κ2) is 10.5. The van der Waals surface area contributed by atoms with E-state index in [-0.39, 0.29) is 35.6 Å². The average Bonchev–Trinajstić information content (AvgIpc) is 3.33. The third kappa shape index (κ3) is 4.30. The van der Waals surface area contributed by atoms with Gasteiger partial charge in [0.1, 0.15) is 28.9 Å². The fourth-order valence-corrected chi connectivity index (χ4v) is 6.91. The van der Waals surface area contributed by atoms with E-state index in [0.717, 1.165) is 0 Å². The van der Waals surface area contributed by atoms with E-state index in [1.54, 1.807) is 25.2 Å². The Labute approximate surface area is 242 Å². The normalized spacial score (nSPS) is 30.2. The molecule has 2 amide bonds. The molecule has 6 atom stereocenters. The van der Waals surface area contributed by atoms with Crippen LogP contribution in [0, 0.1) is 17.8 Å². The summed E-state index contributed by atoms with van der Waals surface area (Å²) in [4.78, 5) is 59.4. The number of carbonyl (C=O) groups is 4. The summed E-state index contributed by atoms with van der Waals surface area (Å²) in [6.07, 6.45) is 0.598. The third-order valence-corrected chi connectivity index (χ3v) is 8.90. The van der Waals surface area contributed by atoms with Gasteiger partial charge in [0, 0.05) is 18.0 Å². The number of rotatable bonds is 6. The molecule has 226 valence electrons. The quantitative estimate of drug-likeness (QED) is 0.201. The van der Waals surface area contributed by atoms with E-state index in [1.807, 2.05) is 13.8 Å². The molecule has 4 aliphatic rings. The Bertz CT molecular complexity index is 1450. The van der Waals surface area contributed by atoms with Gasteiger partial charge in [-0.05, 0) is 56.8 Å². The molecule has 1 heterocycles. The molecule has 0 radical (unpaired) electrons. The van der Waals surface area contributed by atoms with Gasteiger partial charge in [-0.3, -0.25) is 28.9 Å². The Morgan fingerprint density at radius 1 is 1.24 bits per heavy atom. The number of anilines is 1. The lowest BCUT2D eigenvalue weighted by Gasteiger charge is -2.50. The number of hydrogen-bond acceptors (Lipinski definition) is 11. The van der Waals surface area contributed by atoms with Crippen molar-refractivity contribution in [1.29, 1.82) is 0 Å². The highest BCUT2D eigenvalue weighted by Gasteiger charge is 2.64. The number of carbonyl (C=O) groups excluding carboxylic acids is 4. The zero-order valence-electron chi connectivity index (χ0n) is 23.9. The molecule has 3 aliphatic carbocycles. The van der Waals surface area contributed by atoms with Crippen LogP contribution >= 0.6 is 0 Å². The molecule has 0 aromatic heterocycles. The molecule has 0 bridgehead atoms. The van der Waals surface area contributed by atoms with Gasteiger partial charge < -0.3 is 31.5 Å². The molecule has 1 aliphatic heterocycles. The Morgan fingerprint density at radius 2 is 1.93 bits per heavy atom. The van der Waals surface area contributed by atoms with Gasteiger partial charge in [0.2, 0.25) is 11.7 Å². The number of aliphatic hydroxyl groups is 3. The number of nitrogens with one attached hydrogen (secondary N) is 1. The SMILES string of the molecule is CCC(C(=O)Nc1ccc2c(c1O)C(O)=C1C(=O)[C@]3(O)C(O)=C(C(N)=O)C(=O)[C@@H](N(C)C)C3CC1C2)N1CC(C)CO1. The summed E-state index contributed by atoms with van der Waals surface area (Å²) in [6.45, 7) is 4.90. The van der Waals surface area contributed by atoms with Crippen LogP contribution in [0.4, 0.5) is 5.69 Å². The number of nitrogens with zero attached hydrogens (tertiary/aromatic N) is 2. The summed E-state index contributed by atoms with van der Waals surface area (Å²) in [7, 11) is 3.08. The van der Waals surface area contributed by atoms with Crippen molar-refractivity contribution >= 4 is 34.8 Å². The highest BCUT2D eigenvalue weighted by Crippen LogP contribution is 2.53. The minimum atomic E-state index is -2.72. The molecule has 1 saturated carbocycles. The van der Waals surface area contributed by atoms with Gasteiger partial charge >= 0.3 is 0 Å². The van der Waals surface area contributed by atoms with E-state index in [1.165, 1.54) is 11.0 Å². The van der Waals surface area contributed by atoms with Crippen molar-refractivity contribution in [2.75, 3.05) is 32.6 Å². The molecule has 1 saturated heterocycles. The van der Waals surface area contributed by atoms with E-state index >= 15 is 0 Å². The molecule has 1 aromatic carbocycles. The number of Topliss-reactive ketones (excluding diaryl/α,β-unsaturated/α-hetero) is 2. The Balaban J connectivity index is 1.55. The van der Waals surface area contributed by atoms with Crippen molar-refractivity contribution in [2.45, 2.75) is 50.8 Å². The first-order chi connectivity index (χ1) is 19.7. The number of ketones is 2. The first-order valence-electron chi connectivity index (χ1n) is 13.9. The molecular formula is C29H36N4O9. The molecule has 1 aromatic rings. The number of aromatic hydroxyl groups is 1. The van der Waals surface area contributed by atoms with Crippen LogP contribution in [0.3, 0.4) is 0 Å². The number of hydrogen-bond donors (Lipinski definition) is 6. The van der Waals surface area contributed by atoms with Crippen LogP contribution in [-0.2, 0) is 30.4 Å². The number of aliphatic hydroxyl groups excluding tert-OH is 2. The molecular weight excluding hydrogens is 548 g/mol. The standard InChI is InChI=1S/C29H36N4O9/c1-5-17(33-10-12(2)11-42-33)28(40)31-16-7-6-13-8-14-9-15-21(32(3)4)24(36)20(27(30)39)26(38)29(15,41)25(37)19(14)23(35)18(13)22(16)34/h6-7,12,14-15,17,21,34-35,38,41H,5,8-11H2,1-4H3,(H2,30,39)(H,31,40)/t12?,14?,15?,17?,21-,29-/m0/s1. The molecule has 7 N–H and O–H groups in total. The van der Waals surface area contributed by atoms with E-state index < -0.39 is 75.7 Å². The zero-order valence-corrected chi connectivity index (χ0v) is 23.9. The maximum atomic E-state index is 14.0. The minimum Gasteiger partial charge on any atom is -0.508 e. The van der Waals surface area contributed by atoms with Crippen LogP contribution in [0.2, 0.25) is 0 Å². The molecule has 5 rings (SSSR count). The van der Waals surface area contributed by atoms with Crippen LogP contribution in [-0.4, -0.2) is 98.7 Å². The molecule has 4 unspecified atom stereocenters. The summed E-state index contributed by atoms with van der Waals surface area (Å²) in [5.41, 5.74) is 1.91. The molecule has 2 fully saturated rings. The maximum absolute atomic E-state index is 14.0. The Hall–Kier alpha value is -3.78. The Morgan fingerprint density at radius 3 is 2.50 bits per heavy atom. The number of benzene rings is 1. The number of nitrogens with two attached hydrogens (primary N) is 1. The predicted molar refractivity (Wildman–Crippen MR) is 149 cm³/mol. The van der Waals surface area contributed by atoms with E-state index in [0.29, 0.717) is 25.1 Å². The van der Waals surface area contributed by atoms with Crippen molar-refractivity contribution in [1.82, 2.24) is 9.96 Å².